The van der Waals surface area contributed by atoms with Crippen LogP contribution in [-0.4, -0.2) is 27.5 Å². The van der Waals surface area contributed by atoms with E-state index in [1.165, 1.54) is 0 Å². The molecule has 0 N–H and O–H groups in total. The summed E-state index contributed by atoms with van der Waals surface area (Å²) in [4.78, 5) is 16.7. The average Bonchev–Trinajstić information content (AvgIpc) is 3.27. The zero-order valence-electron chi connectivity index (χ0n) is 17.7. The first-order valence-corrected chi connectivity index (χ1v) is 11.5. The minimum atomic E-state index is -0.144. The van der Waals surface area contributed by atoms with Gasteiger partial charge in [-0.05, 0) is 54.2 Å². The predicted molar refractivity (Wildman–Crippen MR) is 140 cm³/mol. The third-order valence-electron chi connectivity index (χ3n) is 5.72. The van der Waals surface area contributed by atoms with Crippen molar-refractivity contribution >= 4 is 69.1 Å². The molecule has 2 heterocycles. The summed E-state index contributed by atoms with van der Waals surface area (Å²) in [5, 5.41) is 2.57. The lowest BCUT2D eigenvalue weighted by Crippen LogP contribution is -2.30. The highest BCUT2D eigenvalue weighted by molar-refractivity contribution is 7.80. The lowest BCUT2D eigenvalue weighted by atomic mass is 10.1. The maximum Gasteiger partial charge on any atom is 0.281 e. The first-order chi connectivity index (χ1) is 15.9. The van der Waals surface area contributed by atoms with Gasteiger partial charge in [0.1, 0.15) is 5.70 Å². The molecule has 0 radical (unpaired) electrons. The molecular weight excluding hydrogens is 473 g/mol. The van der Waals surface area contributed by atoms with E-state index in [0.717, 1.165) is 27.7 Å². The van der Waals surface area contributed by atoms with E-state index in [0.29, 0.717) is 27.4 Å². The van der Waals surface area contributed by atoms with E-state index in [1.54, 1.807) is 15.9 Å². The topological polar surface area (TPSA) is 28.5 Å². The van der Waals surface area contributed by atoms with Gasteiger partial charge in [-0.25, -0.2) is 0 Å². The van der Waals surface area contributed by atoms with E-state index in [4.69, 9.17) is 35.4 Å². The molecule has 1 aromatic heterocycles. The highest BCUT2D eigenvalue weighted by atomic mass is 35.5. The zero-order valence-corrected chi connectivity index (χ0v) is 20.0. The number of fused-ring (bicyclic) bond motifs is 1. The SMILES string of the molecule is CN1C(=S)N(c2ccccc2)C(=O)/C1=C\c1cn(Cc2ccc(Cl)c(Cl)c2)c2ccccc12. The molecule has 1 saturated heterocycles. The van der Waals surface area contributed by atoms with Gasteiger partial charge in [-0.2, -0.15) is 0 Å². The molecule has 5 rings (SSSR count). The minimum Gasteiger partial charge on any atom is -0.342 e. The van der Waals surface area contributed by atoms with Crippen molar-refractivity contribution in [3.05, 3.63) is 106 Å². The lowest BCUT2D eigenvalue weighted by molar-refractivity contribution is -0.114. The summed E-state index contributed by atoms with van der Waals surface area (Å²) in [6.07, 6.45) is 3.96. The molecule has 0 bridgehead atoms. The van der Waals surface area contributed by atoms with Crippen LogP contribution in [-0.2, 0) is 11.3 Å². The van der Waals surface area contributed by atoms with E-state index < -0.39 is 0 Å². The highest BCUT2D eigenvalue weighted by Crippen LogP contribution is 2.31. The number of carbonyl (C=O) groups is 1. The van der Waals surface area contributed by atoms with Crippen LogP contribution in [0.25, 0.3) is 17.0 Å². The van der Waals surface area contributed by atoms with Crippen molar-refractivity contribution in [3.63, 3.8) is 0 Å². The van der Waals surface area contributed by atoms with Gasteiger partial charge in [0.05, 0.1) is 15.7 Å². The number of nitrogens with zero attached hydrogens (tertiary/aromatic N) is 3. The Bertz CT molecular complexity index is 1430. The Kier molecular flexibility index (Phi) is 5.71. The van der Waals surface area contributed by atoms with E-state index >= 15 is 0 Å². The van der Waals surface area contributed by atoms with Crippen LogP contribution in [0.2, 0.25) is 10.0 Å². The fourth-order valence-corrected chi connectivity index (χ4v) is 4.67. The molecule has 0 aliphatic carbocycles. The molecule has 3 aromatic carbocycles. The third-order valence-corrected chi connectivity index (χ3v) is 6.92. The lowest BCUT2D eigenvalue weighted by Gasteiger charge is -2.16. The molecule has 1 amide bonds. The Labute approximate surface area is 207 Å². The largest absolute Gasteiger partial charge is 0.342 e. The number of rotatable bonds is 4. The summed E-state index contributed by atoms with van der Waals surface area (Å²) in [6, 6.07) is 23.2. The van der Waals surface area contributed by atoms with E-state index in [1.807, 2.05) is 67.7 Å². The van der Waals surface area contributed by atoms with Crippen molar-refractivity contribution < 1.29 is 4.79 Å². The predicted octanol–water partition coefficient (Wildman–Crippen LogP) is 6.60. The molecule has 33 heavy (non-hydrogen) atoms. The van der Waals surface area contributed by atoms with Crippen molar-refractivity contribution in [3.8, 4) is 0 Å². The Balaban J connectivity index is 1.56. The second kappa shape index (κ2) is 8.67. The van der Waals surface area contributed by atoms with Gasteiger partial charge in [-0.3, -0.25) is 9.69 Å². The fourth-order valence-electron chi connectivity index (χ4n) is 4.06. The minimum absolute atomic E-state index is 0.144. The smallest absolute Gasteiger partial charge is 0.281 e. The van der Waals surface area contributed by atoms with Crippen molar-refractivity contribution in [2.24, 2.45) is 0 Å². The second-order valence-corrected chi connectivity index (χ2v) is 9.00. The molecule has 0 saturated carbocycles. The van der Waals surface area contributed by atoms with Crippen LogP contribution in [0, 0.1) is 0 Å². The fraction of sp³-hybridized carbons (Fsp3) is 0.0769. The van der Waals surface area contributed by atoms with Gasteiger partial charge in [-0.15, -0.1) is 0 Å². The van der Waals surface area contributed by atoms with E-state index in [2.05, 4.69) is 22.9 Å². The van der Waals surface area contributed by atoms with Gasteiger partial charge >= 0.3 is 0 Å². The summed E-state index contributed by atoms with van der Waals surface area (Å²) in [6.45, 7) is 0.624. The van der Waals surface area contributed by atoms with Crippen LogP contribution in [0.5, 0.6) is 0 Å². The first-order valence-electron chi connectivity index (χ1n) is 10.3. The highest BCUT2D eigenvalue weighted by Gasteiger charge is 2.36. The third kappa shape index (κ3) is 3.93. The van der Waals surface area contributed by atoms with Gasteiger partial charge < -0.3 is 9.47 Å². The quantitative estimate of drug-likeness (QED) is 0.237. The van der Waals surface area contributed by atoms with Crippen molar-refractivity contribution in [1.29, 1.82) is 0 Å². The van der Waals surface area contributed by atoms with Gasteiger partial charge in [0, 0.05) is 36.3 Å². The number of amides is 1. The molecule has 1 aliphatic heterocycles. The zero-order chi connectivity index (χ0) is 23.1. The molecule has 0 unspecified atom stereocenters. The standard InChI is InChI=1S/C26H19Cl2N3OS/c1-29-24(25(32)31(26(29)33)19-7-3-2-4-8-19)14-18-16-30(23-10-6-5-9-20(18)23)15-17-11-12-21(27)22(28)13-17/h2-14,16H,15H2,1H3/b24-14+. The Morgan fingerprint density at radius 3 is 2.42 bits per heavy atom. The molecule has 164 valence electrons. The number of halogens is 2. The molecule has 1 fully saturated rings. The molecule has 0 atom stereocenters. The Morgan fingerprint density at radius 1 is 0.939 bits per heavy atom. The normalized spacial score (nSPS) is 15.3. The van der Waals surface area contributed by atoms with Crippen LogP contribution in [0.15, 0.2) is 84.7 Å². The van der Waals surface area contributed by atoms with Crippen molar-refractivity contribution in [2.75, 3.05) is 11.9 Å². The Morgan fingerprint density at radius 2 is 1.67 bits per heavy atom. The number of thiocarbonyl (C=S) groups is 1. The van der Waals surface area contributed by atoms with Gasteiger partial charge in [0.15, 0.2) is 5.11 Å². The number of aromatic nitrogens is 1. The summed E-state index contributed by atoms with van der Waals surface area (Å²) >= 11 is 17.9. The molecule has 4 nitrogen and oxygen atoms in total. The average molecular weight is 492 g/mol. The number of benzene rings is 3. The number of anilines is 1. The van der Waals surface area contributed by atoms with Gasteiger partial charge in [0.2, 0.25) is 0 Å². The van der Waals surface area contributed by atoms with Gasteiger partial charge in [0.25, 0.3) is 5.91 Å². The van der Waals surface area contributed by atoms with Crippen LogP contribution >= 0.6 is 35.4 Å². The number of carbonyl (C=O) groups excluding carboxylic acids is 1. The van der Waals surface area contributed by atoms with Gasteiger partial charge in [-0.1, -0.05) is 65.7 Å². The first kappa shape index (κ1) is 21.7. The summed E-state index contributed by atoms with van der Waals surface area (Å²) < 4.78 is 2.15. The molecule has 0 spiro atoms. The second-order valence-electron chi connectivity index (χ2n) is 7.83. The number of para-hydroxylation sites is 2. The number of hydrogen-bond donors (Lipinski definition) is 0. The van der Waals surface area contributed by atoms with Crippen molar-refractivity contribution in [2.45, 2.75) is 6.54 Å². The van der Waals surface area contributed by atoms with Crippen LogP contribution < -0.4 is 4.90 Å². The summed E-state index contributed by atoms with van der Waals surface area (Å²) in [7, 11) is 1.82. The molecular formula is C26H19Cl2N3OS. The molecule has 7 heteroatoms. The monoisotopic (exact) mass is 491 g/mol. The van der Waals surface area contributed by atoms with Crippen LogP contribution in [0.4, 0.5) is 5.69 Å². The van der Waals surface area contributed by atoms with Crippen LogP contribution in [0.1, 0.15) is 11.1 Å². The Hall–Kier alpha value is -3.12. The van der Waals surface area contributed by atoms with E-state index in [-0.39, 0.29) is 5.91 Å². The van der Waals surface area contributed by atoms with Crippen molar-refractivity contribution in [1.82, 2.24) is 9.47 Å². The maximum atomic E-state index is 13.3. The number of hydrogen-bond acceptors (Lipinski definition) is 2. The summed E-state index contributed by atoms with van der Waals surface area (Å²) in [5.41, 5.74) is 4.32. The van der Waals surface area contributed by atoms with Crippen LogP contribution in [0.3, 0.4) is 0 Å². The molecule has 4 aromatic rings. The van der Waals surface area contributed by atoms with E-state index in [9.17, 15) is 4.79 Å². The maximum absolute atomic E-state index is 13.3. The molecule has 1 aliphatic rings. The number of likely N-dealkylation sites (N-methyl/N-ethyl adjacent to an activating group) is 1. The summed E-state index contributed by atoms with van der Waals surface area (Å²) in [5.74, 6) is -0.144.